The quantitative estimate of drug-likeness (QED) is 0.567. The molecule has 2 amide bonds. The second kappa shape index (κ2) is 9.79. The summed E-state index contributed by atoms with van der Waals surface area (Å²) in [5.74, 6) is -7.61. The van der Waals surface area contributed by atoms with E-state index in [1.54, 1.807) is 0 Å². The zero-order chi connectivity index (χ0) is 24.3. The zero-order valence-corrected chi connectivity index (χ0v) is 18.4. The molecule has 0 radical (unpaired) electrons. The summed E-state index contributed by atoms with van der Waals surface area (Å²) in [4.78, 5) is 35.3. The number of carboxylic acids is 1. The highest BCUT2D eigenvalue weighted by Gasteiger charge is 2.40. The van der Waals surface area contributed by atoms with E-state index in [0.29, 0.717) is 19.3 Å². The first-order chi connectivity index (χ1) is 16.3. The van der Waals surface area contributed by atoms with E-state index in [0.717, 1.165) is 22.3 Å². The Hall–Kier alpha value is -3.49. The standard InChI is InChI=1S/C25H26F2N2O5/c26-25(27,23(31)32)14-28-22(30)15-6-5-7-16(12-15)29-24(33)34-13-21-19-10-3-1-8-17(19)18-9-2-4-11-20(18)21/h1-4,8-11,15-16,21H,5-7,12-14H2,(H,28,30)(H,29,33)(H,31,32)/t15-,16-/m1/s1. The lowest BCUT2D eigenvalue weighted by Crippen LogP contribution is -2.46. The molecule has 7 nitrogen and oxygen atoms in total. The maximum Gasteiger partial charge on any atom is 0.407 e. The number of fused-ring (bicyclic) bond motifs is 3. The van der Waals surface area contributed by atoms with E-state index < -0.39 is 36.4 Å². The molecule has 0 spiro atoms. The third-order valence-corrected chi connectivity index (χ3v) is 6.51. The Morgan fingerprint density at radius 3 is 2.24 bits per heavy atom. The fourth-order valence-corrected chi connectivity index (χ4v) is 4.78. The molecular weight excluding hydrogens is 446 g/mol. The van der Waals surface area contributed by atoms with Crippen molar-refractivity contribution >= 4 is 18.0 Å². The number of ether oxygens (including phenoxy) is 1. The molecule has 0 saturated heterocycles. The lowest BCUT2D eigenvalue weighted by molar-refractivity contribution is -0.164. The number of hydrogen-bond donors (Lipinski definition) is 3. The molecule has 2 atom stereocenters. The van der Waals surface area contributed by atoms with Crippen LogP contribution in [0.1, 0.15) is 42.7 Å². The van der Waals surface area contributed by atoms with Gasteiger partial charge in [-0.25, -0.2) is 9.59 Å². The van der Waals surface area contributed by atoms with Crippen molar-refractivity contribution < 1.29 is 33.0 Å². The van der Waals surface area contributed by atoms with Crippen molar-refractivity contribution in [1.82, 2.24) is 10.6 Å². The van der Waals surface area contributed by atoms with Gasteiger partial charge >= 0.3 is 18.0 Å². The molecule has 0 bridgehead atoms. The Kier molecular flexibility index (Phi) is 6.81. The number of alkyl carbamates (subject to hydrolysis) is 1. The molecule has 3 N–H and O–H groups in total. The fourth-order valence-electron chi connectivity index (χ4n) is 4.78. The summed E-state index contributed by atoms with van der Waals surface area (Å²) in [5, 5.41) is 13.3. The third kappa shape index (κ3) is 5.03. The van der Waals surface area contributed by atoms with Crippen molar-refractivity contribution in [2.24, 2.45) is 5.92 Å². The Labute approximate surface area is 195 Å². The van der Waals surface area contributed by atoms with Crippen LogP contribution in [0.4, 0.5) is 13.6 Å². The molecule has 2 aliphatic carbocycles. The minimum atomic E-state index is -4.02. The lowest BCUT2D eigenvalue weighted by Gasteiger charge is -2.29. The summed E-state index contributed by atoms with van der Waals surface area (Å²) in [5.41, 5.74) is 4.46. The van der Waals surface area contributed by atoms with Gasteiger partial charge in [0.2, 0.25) is 5.91 Å². The van der Waals surface area contributed by atoms with Crippen LogP contribution in [-0.2, 0) is 14.3 Å². The van der Waals surface area contributed by atoms with Gasteiger partial charge in [-0.1, -0.05) is 55.0 Å². The van der Waals surface area contributed by atoms with Gasteiger partial charge in [0.25, 0.3) is 0 Å². The topological polar surface area (TPSA) is 105 Å². The molecule has 2 aliphatic rings. The molecule has 0 aliphatic heterocycles. The molecule has 4 rings (SSSR count). The van der Waals surface area contributed by atoms with Crippen molar-refractivity contribution in [3.05, 3.63) is 59.7 Å². The summed E-state index contributed by atoms with van der Waals surface area (Å²) in [6.45, 7) is -1.09. The second-order valence-corrected chi connectivity index (χ2v) is 8.76. The average molecular weight is 472 g/mol. The number of carbonyl (C=O) groups excluding carboxylic acids is 2. The zero-order valence-electron chi connectivity index (χ0n) is 18.4. The van der Waals surface area contributed by atoms with E-state index in [4.69, 9.17) is 9.84 Å². The molecule has 1 fully saturated rings. The number of alkyl halides is 2. The van der Waals surface area contributed by atoms with Gasteiger partial charge < -0.3 is 20.5 Å². The normalized spacial score (nSPS) is 19.6. The van der Waals surface area contributed by atoms with Gasteiger partial charge in [0.15, 0.2) is 0 Å². The van der Waals surface area contributed by atoms with Crippen LogP contribution in [0.25, 0.3) is 11.1 Å². The fraction of sp³-hybridized carbons (Fsp3) is 0.400. The van der Waals surface area contributed by atoms with Gasteiger partial charge in [0.05, 0.1) is 6.54 Å². The predicted molar refractivity (Wildman–Crippen MR) is 120 cm³/mol. The van der Waals surface area contributed by atoms with Crippen LogP contribution in [0.5, 0.6) is 0 Å². The molecule has 2 aromatic rings. The number of halogens is 2. The third-order valence-electron chi connectivity index (χ3n) is 6.51. The maximum absolute atomic E-state index is 13.2. The smallest absolute Gasteiger partial charge is 0.407 e. The highest BCUT2D eigenvalue weighted by molar-refractivity contribution is 5.81. The first kappa shape index (κ1) is 23.7. The highest BCUT2D eigenvalue weighted by atomic mass is 19.3. The number of carbonyl (C=O) groups is 3. The van der Waals surface area contributed by atoms with Gasteiger partial charge in [0, 0.05) is 17.9 Å². The van der Waals surface area contributed by atoms with Gasteiger partial charge in [-0.3, -0.25) is 4.79 Å². The minimum absolute atomic E-state index is 0.0704. The number of nitrogens with one attached hydrogen (secondary N) is 2. The van der Waals surface area contributed by atoms with Crippen molar-refractivity contribution in [2.45, 2.75) is 43.6 Å². The van der Waals surface area contributed by atoms with Gasteiger partial charge in [-0.05, 0) is 41.5 Å². The number of rotatable bonds is 7. The highest BCUT2D eigenvalue weighted by Crippen LogP contribution is 2.44. The van der Waals surface area contributed by atoms with Crippen LogP contribution >= 0.6 is 0 Å². The number of carboxylic acid groups (broad SMARTS) is 1. The second-order valence-electron chi connectivity index (χ2n) is 8.76. The molecule has 34 heavy (non-hydrogen) atoms. The summed E-state index contributed by atoms with van der Waals surface area (Å²) < 4.78 is 32.0. The van der Waals surface area contributed by atoms with Crippen molar-refractivity contribution in [3.63, 3.8) is 0 Å². The number of hydrogen-bond acceptors (Lipinski definition) is 4. The molecule has 1 saturated carbocycles. The Balaban J connectivity index is 1.30. The maximum atomic E-state index is 13.2. The van der Waals surface area contributed by atoms with Crippen LogP contribution in [0, 0.1) is 5.92 Å². The molecule has 180 valence electrons. The summed E-state index contributed by atoms with van der Waals surface area (Å²) in [6, 6.07) is 15.7. The summed E-state index contributed by atoms with van der Waals surface area (Å²) >= 11 is 0. The molecule has 0 heterocycles. The number of aliphatic carboxylic acids is 1. The molecule has 0 unspecified atom stereocenters. The Morgan fingerprint density at radius 2 is 1.62 bits per heavy atom. The minimum Gasteiger partial charge on any atom is -0.477 e. The SMILES string of the molecule is O=C(N[C@@H]1CCC[C@@H](C(=O)NCC(F)(F)C(=O)O)C1)OCC1c2ccccc2-c2ccccc21. The largest absolute Gasteiger partial charge is 0.477 e. The van der Waals surface area contributed by atoms with E-state index >= 15 is 0 Å². The van der Waals surface area contributed by atoms with E-state index in [2.05, 4.69) is 5.32 Å². The first-order valence-electron chi connectivity index (χ1n) is 11.3. The van der Waals surface area contributed by atoms with Crippen LogP contribution < -0.4 is 10.6 Å². The molecule has 9 heteroatoms. The van der Waals surface area contributed by atoms with E-state index in [9.17, 15) is 23.2 Å². The van der Waals surface area contributed by atoms with Crippen molar-refractivity contribution in [1.29, 1.82) is 0 Å². The van der Waals surface area contributed by atoms with Gasteiger partial charge in [-0.15, -0.1) is 0 Å². The lowest BCUT2D eigenvalue weighted by atomic mass is 9.85. The Bertz CT molecular complexity index is 1040. The Morgan fingerprint density at radius 1 is 1.00 bits per heavy atom. The molecular formula is C25H26F2N2O5. The van der Waals surface area contributed by atoms with E-state index in [1.807, 2.05) is 53.8 Å². The number of benzene rings is 2. The summed E-state index contributed by atoms with van der Waals surface area (Å²) in [7, 11) is 0. The van der Waals surface area contributed by atoms with Crippen molar-refractivity contribution in [3.8, 4) is 11.1 Å². The van der Waals surface area contributed by atoms with Crippen molar-refractivity contribution in [2.75, 3.05) is 13.2 Å². The van der Waals surface area contributed by atoms with Crippen LogP contribution in [0.2, 0.25) is 0 Å². The predicted octanol–water partition coefficient (Wildman–Crippen LogP) is 3.92. The van der Waals surface area contributed by atoms with Crippen LogP contribution in [-0.4, -0.2) is 48.2 Å². The first-order valence-corrected chi connectivity index (χ1v) is 11.3. The monoisotopic (exact) mass is 472 g/mol. The number of amides is 2. The van der Waals surface area contributed by atoms with E-state index in [1.165, 1.54) is 0 Å². The van der Waals surface area contributed by atoms with Crippen LogP contribution in [0.3, 0.4) is 0 Å². The average Bonchev–Trinajstić information content (AvgIpc) is 3.15. The summed E-state index contributed by atoms with van der Waals surface area (Å²) in [6.07, 6.45) is 1.42. The van der Waals surface area contributed by atoms with E-state index in [-0.39, 0.29) is 25.0 Å². The molecule has 0 aromatic heterocycles. The van der Waals surface area contributed by atoms with Gasteiger partial charge in [-0.2, -0.15) is 8.78 Å². The van der Waals surface area contributed by atoms with Crippen LogP contribution in [0.15, 0.2) is 48.5 Å². The van der Waals surface area contributed by atoms with Gasteiger partial charge in [0.1, 0.15) is 6.61 Å². The molecule has 2 aromatic carbocycles.